The highest BCUT2D eigenvalue weighted by Gasteiger charge is 2.33. The molecule has 0 bridgehead atoms. The van der Waals surface area contributed by atoms with E-state index in [1.165, 1.54) is 8.61 Å². The molecule has 2 aromatic rings. The van der Waals surface area contributed by atoms with Crippen LogP contribution in [0.1, 0.15) is 23.1 Å². The van der Waals surface area contributed by atoms with Gasteiger partial charge in [0.2, 0.25) is 0 Å². The maximum Gasteiger partial charge on any atom is 0.282 e. The number of halogens is 1. The van der Waals surface area contributed by atoms with Crippen LogP contribution in [0.3, 0.4) is 0 Å². The molecule has 25 heavy (non-hydrogen) atoms. The Hall–Kier alpha value is -1.66. The monoisotopic (exact) mass is 376 g/mol. The summed E-state index contributed by atoms with van der Waals surface area (Å²) in [5, 5.41) is 0.592. The van der Waals surface area contributed by atoms with E-state index >= 15 is 0 Å². The number of benzene rings is 2. The van der Waals surface area contributed by atoms with Crippen LogP contribution < -0.4 is 0 Å². The normalized spacial score (nSPS) is 18.1. The van der Waals surface area contributed by atoms with Crippen molar-refractivity contribution in [1.29, 1.82) is 0 Å². The van der Waals surface area contributed by atoms with Gasteiger partial charge in [-0.3, -0.25) is 0 Å². The Kier molecular flexibility index (Phi) is 5.59. The van der Waals surface area contributed by atoms with E-state index in [0.717, 1.165) is 23.1 Å². The van der Waals surface area contributed by atoms with Crippen molar-refractivity contribution in [3.63, 3.8) is 0 Å². The molecular weight excluding hydrogens is 356 g/mol. The average Bonchev–Trinajstić information content (AvgIpc) is 2.61. The molecule has 0 radical (unpaired) electrons. The fourth-order valence-corrected chi connectivity index (χ4v) is 4.77. The van der Waals surface area contributed by atoms with Gasteiger partial charge in [-0.2, -0.15) is 17.0 Å². The molecule has 0 amide bonds. The molecule has 1 aliphatic heterocycles. The zero-order valence-corrected chi connectivity index (χ0v) is 15.5. The second kappa shape index (κ2) is 7.70. The predicted octanol–water partition coefficient (Wildman–Crippen LogP) is 3.94. The smallest absolute Gasteiger partial charge is 0.195 e. The number of hydrogen-bond donors (Lipinski definition) is 0. The summed E-state index contributed by atoms with van der Waals surface area (Å²) in [7, 11) is -3.51. The van der Waals surface area contributed by atoms with Crippen molar-refractivity contribution in [1.82, 2.24) is 8.61 Å². The highest BCUT2D eigenvalue weighted by Crippen LogP contribution is 2.24. The molecule has 0 spiro atoms. The standard InChI is InChI=1S/C19H21ClN2O2S/c1-2-16-8-10-17(11-9-16)14-21-12-5-13-22(25(21,23)24)15-18-6-3-4-7-19(18)20/h2-4,6-11H,1,5,12-15H2. The molecule has 0 atom stereocenters. The highest BCUT2D eigenvalue weighted by atomic mass is 35.5. The maximum absolute atomic E-state index is 12.9. The van der Waals surface area contributed by atoms with Crippen molar-refractivity contribution in [3.05, 3.63) is 76.8 Å². The molecule has 0 saturated carbocycles. The Bertz CT molecular complexity index is 850. The zero-order valence-electron chi connectivity index (χ0n) is 13.9. The third-order valence-corrected chi connectivity index (χ3v) is 6.64. The summed E-state index contributed by atoms with van der Waals surface area (Å²) in [5.74, 6) is 0. The molecule has 3 rings (SSSR count). The molecule has 1 fully saturated rings. The topological polar surface area (TPSA) is 40.6 Å². The van der Waals surface area contributed by atoms with Crippen LogP contribution in [0.4, 0.5) is 0 Å². The van der Waals surface area contributed by atoms with Crippen LogP contribution in [0.15, 0.2) is 55.1 Å². The summed E-state index contributed by atoms with van der Waals surface area (Å²) < 4.78 is 28.9. The lowest BCUT2D eigenvalue weighted by molar-refractivity contribution is 0.276. The molecule has 0 unspecified atom stereocenters. The lowest BCUT2D eigenvalue weighted by Gasteiger charge is -2.34. The molecule has 4 nitrogen and oxygen atoms in total. The Balaban J connectivity index is 1.77. The number of rotatable bonds is 5. The third-order valence-electron chi connectivity index (χ3n) is 4.35. The van der Waals surface area contributed by atoms with E-state index in [1.807, 2.05) is 42.5 Å². The van der Waals surface area contributed by atoms with Crippen molar-refractivity contribution < 1.29 is 8.42 Å². The molecule has 132 valence electrons. The SMILES string of the molecule is C=Cc1ccc(CN2CCCN(Cc3ccccc3Cl)S2(=O)=O)cc1. The minimum Gasteiger partial charge on any atom is -0.195 e. The van der Waals surface area contributed by atoms with Gasteiger partial charge in [0.05, 0.1) is 0 Å². The summed E-state index contributed by atoms with van der Waals surface area (Å²) in [6.45, 7) is 5.45. The molecule has 0 aromatic heterocycles. The molecule has 1 heterocycles. The van der Waals surface area contributed by atoms with Crippen LogP contribution in [0.5, 0.6) is 0 Å². The molecule has 1 aliphatic rings. The van der Waals surface area contributed by atoms with Crippen LogP contribution >= 0.6 is 11.6 Å². The van der Waals surface area contributed by atoms with Gasteiger partial charge < -0.3 is 0 Å². The van der Waals surface area contributed by atoms with Gasteiger partial charge in [-0.05, 0) is 29.2 Å². The van der Waals surface area contributed by atoms with Crippen LogP contribution in [0.25, 0.3) is 6.08 Å². The van der Waals surface area contributed by atoms with Crippen molar-refractivity contribution in [3.8, 4) is 0 Å². The molecule has 0 aliphatic carbocycles. The lowest BCUT2D eigenvalue weighted by atomic mass is 10.1. The second-order valence-corrected chi connectivity index (χ2v) is 8.40. The van der Waals surface area contributed by atoms with Crippen molar-refractivity contribution in [2.45, 2.75) is 19.5 Å². The van der Waals surface area contributed by atoms with Gasteiger partial charge in [0.1, 0.15) is 0 Å². The molecule has 2 aromatic carbocycles. The maximum atomic E-state index is 12.9. The summed E-state index contributed by atoms with van der Waals surface area (Å²) in [5.41, 5.74) is 2.81. The first-order chi connectivity index (χ1) is 12.0. The molecule has 6 heteroatoms. The largest absolute Gasteiger partial charge is 0.282 e. The molecule has 1 saturated heterocycles. The van der Waals surface area contributed by atoms with Crippen molar-refractivity contribution >= 4 is 27.9 Å². The fourth-order valence-electron chi connectivity index (χ4n) is 2.92. The van der Waals surface area contributed by atoms with E-state index in [0.29, 0.717) is 31.2 Å². The Labute approximate surface area is 154 Å². The number of nitrogens with zero attached hydrogens (tertiary/aromatic N) is 2. The first-order valence-electron chi connectivity index (χ1n) is 8.21. The third kappa shape index (κ3) is 4.12. The van der Waals surface area contributed by atoms with E-state index in [9.17, 15) is 8.42 Å². The van der Waals surface area contributed by atoms with Gasteiger partial charge in [0, 0.05) is 31.2 Å². The van der Waals surface area contributed by atoms with Crippen LogP contribution in [0, 0.1) is 0 Å². The van der Waals surface area contributed by atoms with E-state index in [4.69, 9.17) is 11.6 Å². The van der Waals surface area contributed by atoms with Gasteiger partial charge in [0.15, 0.2) is 0 Å². The lowest BCUT2D eigenvalue weighted by Crippen LogP contribution is -2.48. The van der Waals surface area contributed by atoms with Crippen molar-refractivity contribution in [2.75, 3.05) is 13.1 Å². The average molecular weight is 377 g/mol. The van der Waals surface area contributed by atoms with E-state index in [2.05, 4.69) is 6.58 Å². The molecular formula is C19H21ClN2O2S. The van der Waals surface area contributed by atoms with Crippen LogP contribution in [-0.2, 0) is 23.3 Å². The second-order valence-electron chi connectivity index (χ2n) is 6.07. The van der Waals surface area contributed by atoms with Gasteiger partial charge >= 0.3 is 0 Å². The first-order valence-corrected chi connectivity index (χ1v) is 9.98. The predicted molar refractivity (Wildman–Crippen MR) is 102 cm³/mol. The van der Waals surface area contributed by atoms with E-state index < -0.39 is 10.2 Å². The van der Waals surface area contributed by atoms with E-state index in [1.54, 1.807) is 12.1 Å². The fraction of sp³-hybridized carbons (Fsp3) is 0.263. The molecule has 0 N–H and O–H groups in total. The Morgan fingerprint density at radius 2 is 1.64 bits per heavy atom. The Morgan fingerprint density at radius 3 is 2.28 bits per heavy atom. The first kappa shape index (κ1) is 18.1. The number of hydrogen-bond acceptors (Lipinski definition) is 2. The van der Waals surface area contributed by atoms with Crippen molar-refractivity contribution in [2.24, 2.45) is 0 Å². The summed E-state index contributed by atoms with van der Waals surface area (Å²) in [6.07, 6.45) is 2.57. The zero-order chi connectivity index (χ0) is 17.9. The van der Waals surface area contributed by atoms with Gasteiger partial charge in [0.25, 0.3) is 10.2 Å². The van der Waals surface area contributed by atoms with Gasteiger partial charge in [-0.1, -0.05) is 66.7 Å². The van der Waals surface area contributed by atoms with Gasteiger partial charge in [-0.25, -0.2) is 0 Å². The van der Waals surface area contributed by atoms with E-state index in [-0.39, 0.29) is 0 Å². The minimum absolute atomic E-state index is 0.300. The summed E-state index contributed by atoms with van der Waals surface area (Å²) >= 11 is 6.19. The van der Waals surface area contributed by atoms with Crippen LogP contribution in [0.2, 0.25) is 5.02 Å². The highest BCUT2D eigenvalue weighted by molar-refractivity contribution is 7.86. The quantitative estimate of drug-likeness (QED) is 0.793. The minimum atomic E-state index is -3.51. The summed E-state index contributed by atoms with van der Waals surface area (Å²) in [6, 6.07) is 15.1. The summed E-state index contributed by atoms with van der Waals surface area (Å²) in [4.78, 5) is 0. The van der Waals surface area contributed by atoms with Crippen LogP contribution in [-0.4, -0.2) is 30.1 Å². The van der Waals surface area contributed by atoms with Gasteiger partial charge in [-0.15, -0.1) is 0 Å². The Morgan fingerprint density at radius 1 is 1.00 bits per heavy atom.